The van der Waals surface area contributed by atoms with Crippen LogP contribution in [-0.2, 0) is 10.0 Å². The summed E-state index contributed by atoms with van der Waals surface area (Å²) in [6.45, 7) is 2.04. The molecule has 4 nitrogen and oxygen atoms in total. The van der Waals surface area contributed by atoms with E-state index in [2.05, 4.69) is 20.7 Å². The van der Waals surface area contributed by atoms with E-state index in [1.54, 1.807) is 11.8 Å². The summed E-state index contributed by atoms with van der Waals surface area (Å²) in [6.07, 6.45) is 2.74. The number of halogens is 2. The Kier molecular flexibility index (Phi) is 5.56. The van der Waals surface area contributed by atoms with Crippen molar-refractivity contribution in [1.29, 1.82) is 0 Å². The van der Waals surface area contributed by atoms with Gasteiger partial charge in [-0.05, 0) is 46.7 Å². The van der Waals surface area contributed by atoms with Crippen LogP contribution in [0.15, 0.2) is 21.5 Å². The second-order valence-electron chi connectivity index (χ2n) is 4.97. The standard InChI is InChI=1S/C13H18BrFN2O2S2/c1-2-20-11-5-3-4-10(11)17-21(18,19)12-7-8(16)6-9(14)13(12)15/h6-7,10-11,17H,2-5,16H2,1H3. The maximum Gasteiger partial charge on any atom is 0.243 e. The number of thioether (sulfide) groups is 1. The van der Waals surface area contributed by atoms with Crippen molar-refractivity contribution in [2.45, 2.75) is 42.4 Å². The van der Waals surface area contributed by atoms with E-state index in [-0.39, 0.29) is 21.5 Å². The average molecular weight is 397 g/mol. The van der Waals surface area contributed by atoms with Crippen molar-refractivity contribution in [2.24, 2.45) is 0 Å². The molecule has 1 aliphatic carbocycles. The Labute approximate surface area is 137 Å². The fourth-order valence-corrected chi connectivity index (χ4v) is 5.85. The number of hydrogen-bond acceptors (Lipinski definition) is 4. The van der Waals surface area contributed by atoms with Gasteiger partial charge in [-0.25, -0.2) is 17.5 Å². The van der Waals surface area contributed by atoms with Gasteiger partial charge in [0.15, 0.2) is 5.82 Å². The Hall–Kier alpha value is -0.310. The van der Waals surface area contributed by atoms with Crippen molar-refractivity contribution in [3.63, 3.8) is 0 Å². The van der Waals surface area contributed by atoms with E-state index in [1.165, 1.54) is 6.07 Å². The molecule has 1 aliphatic rings. The van der Waals surface area contributed by atoms with Crippen molar-refractivity contribution in [3.8, 4) is 0 Å². The highest BCUT2D eigenvalue weighted by molar-refractivity contribution is 9.10. The largest absolute Gasteiger partial charge is 0.399 e. The van der Waals surface area contributed by atoms with Crippen LogP contribution in [0, 0.1) is 5.82 Å². The summed E-state index contributed by atoms with van der Waals surface area (Å²) in [4.78, 5) is -0.401. The molecule has 1 aromatic rings. The molecular formula is C13H18BrFN2O2S2. The molecule has 0 heterocycles. The zero-order chi connectivity index (χ0) is 15.6. The summed E-state index contributed by atoms with van der Waals surface area (Å²) in [5, 5.41) is 0.248. The molecule has 2 unspecified atom stereocenters. The van der Waals surface area contributed by atoms with E-state index in [9.17, 15) is 12.8 Å². The van der Waals surface area contributed by atoms with Crippen LogP contribution in [-0.4, -0.2) is 25.5 Å². The third-order valence-electron chi connectivity index (χ3n) is 3.45. The molecule has 3 N–H and O–H groups in total. The molecule has 8 heteroatoms. The Morgan fingerprint density at radius 2 is 2.19 bits per heavy atom. The summed E-state index contributed by atoms with van der Waals surface area (Å²) in [5.74, 6) is 0.121. The zero-order valence-electron chi connectivity index (χ0n) is 11.6. The minimum atomic E-state index is -3.92. The first-order valence-electron chi connectivity index (χ1n) is 6.73. The second kappa shape index (κ2) is 6.85. The average Bonchev–Trinajstić information content (AvgIpc) is 2.81. The van der Waals surface area contributed by atoms with Crippen LogP contribution in [0.3, 0.4) is 0 Å². The summed E-state index contributed by atoms with van der Waals surface area (Å²) >= 11 is 4.73. The molecule has 1 saturated carbocycles. The van der Waals surface area contributed by atoms with Crippen molar-refractivity contribution in [3.05, 3.63) is 22.4 Å². The van der Waals surface area contributed by atoms with E-state index in [1.807, 2.05) is 6.92 Å². The second-order valence-corrected chi connectivity index (χ2v) is 9.02. The van der Waals surface area contributed by atoms with Gasteiger partial charge in [-0.15, -0.1) is 0 Å². The quantitative estimate of drug-likeness (QED) is 0.749. The maximum atomic E-state index is 14.1. The van der Waals surface area contributed by atoms with Crippen molar-refractivity contribution < 1.29 is 12.8 Å². The van der Waals surface area contributed by atoms with Gasteiger partial charge in [-0.1, -0.05) is 13.3 Å². The predicted octanol–water partition coefficient (Wildman–Crippen LogP) is 3.12. The van der Waals surface area contributed by atoms with Crippen molar-refractivity contribution in [1.82, 2.24) is 4.72 Å². The molecule has 2 rings (SSSR count). The highest BCUT2D eigenvalue weighted by Gasteiger charge is 2.32. The lowest BCUT2D eigenvalue weighted by Gasteiger charge is -2.20. The first kappa shape index (κ1) is 17.1. The van der Waals surface area contributed by atoms with Gasteiger partial charge in [-0.3, -0.25) is 0 Å². The predicted molar refractivity (Wildman–Crippen MR) is 88.4 cm³/mol. The normalized spacial score (nSPS) is 22.6. The van der Waals surface area contributed by atoms with E-state index in [4.69, 9.17) is 5.73 Å². The van der Waals surface area contributed by atoms with Gasteiger partial charge in [0.05, 0.1) is 4.47 Å². The molecule has 21 heavy (non-hydrogen) atoms. The fraction of sp³-hybridized carbons (Fsp3) is 0.538. The topological polar surface area (TPSA) is 72.2 Å². The van der Waals surface area contributed by atoms with Gasteiger partial charge >= 0.3 is 0 Å². The van der Waals surface area contributed by atoms with Crippen LogP contribution in [0.25, 0.3) is 0 Å². The third-order valence-corrected chi connectivity index (χ3v) is 6.84. The molecule has 2 atom stereocenters. The summed E-state index contributed by atoms with van der Waals surface area (Å²) in [6, 6.07) is 2.35. The minimum Gasteiger partial charge on any atom is -0.399 e. The number of anilines is 1. The number of benzene rings is 1. The Morgan fingerprint density at radius 3 is 2.86 bits per heavy atom. The fourth-order valence-electron chi connectivity index (χ4n) is 2.52. The Balaban J connectivity index is 2.27. The van der Waals surface area contributed by atoms with Crippen LogP contribution in [0.5, 0.6) is 0 Å². The van der Waals surface area contributed by atoms with Crippen molar-refractivity contribution >= 4 is 43.4 Å². The zero-order valence-corrected chi connectivity index (χ0v) is 14.8. The first-order chi connectivity index (χ1) is 9.85. The van der Waals surface area contributed by atoms with Gasteiger partial charge < -0.3 is 5.73 Å². The molecule has 0 aromatic heterocycles. The Morgan fingerprint density at radius 1 is 1.48 bits per heavy atom. The lowest BCUT2D eigenvalue weighted by atomic mass is 10.3. The molecule has 0 aliphatic heterocycles. The first-order valence-corrected chi connectivity index (χ1v) is 10.1. The van der Waals surface area contributed by atoms with E-state index in [0.29, 0.717) is 0 Å². The van der Waals surface area contributed by atoms with E-state index < -0.39 is 20.7 Å². The molecule has 0 radical (unpaired) electrons. The van der Waals surface area contributed by atoms with Crippen molar-refractivity contribution in [2.75, 3.05) is 11.5 Å². The van der Waals surface area contributed by atoms with Crippen LogP contribution in [0.2, 0.25) is 0 Å². The van der Waals surface area contributed by atoms with Gasteiger partial charge in [0.1, 0.15) is 4.90 Å². The molecule has 0 spiro atoms. The number of nitrogens with one attached hydrogen (secondary N) is 1. The number of rotatable bonds is 5. The molecule has 0 bridgehead atoms. The highest BCUT2D eigenvalue weighted by atomic mass is 79.9. The molecule has 0 amide bonds. The molecule has 0 saturated heterocycles. The van der Waals surface area contributed by atoms with Gasteiger partial charge in [0.25, 0.3) is 0 Å². The van der Waals surface area contributed by atoms with Gasteiger partial charge in [-0.2, -0.15) is 11.8 Å². The number of sulfonamides is 1. The van der Waals surface area contributed by atoms with Gasteiger partial charge in [0.2, 0.25) is 10.0 Å². The van der Waals surface area contributed by atoms with Gasteiger partial charge in [0, 0.05) is 17.0 Å². The monoisotopic (exact) mass is 396 g/mol. The molecule has 118 valence electrons. The maximum absolute atomic E-state index is 14.1. The van der Waals surface area contributed by atoms with E-state index >= 15 is 0 Å². The SMILES string of the molecule is CCSC1CCCC1NS(=O)(=O)c1cc(N)cc(Br)c1F. The lowest BCUT2D eigenvalue weighted by Crippen LogP contribution is -2.39. The number of nitrogens with two attached hydrogens (primary N) is 1. The molecule has 1 fully saturated rings. The lowest BCUT2D eigenvalue weighted by molar-refractivity contribution is 0.537. The number of hydrogen-bond donors (Lipinski definition) is 2. The Bertz CT molecular complexity index is 625. The molecular weight excluding hydrogens is 379 g/mol. The van der Waals surface area contributed by atoms with Crippen LogP contribution >= 0.6 is 27.7 Å². The number of nitrogen functional groups attached to an aromatic ring is 1. The highest BCUT2D eigenvalue weighted by Crippen LogP contribution is 2.32. The summed E-state index contributed by atoms with van der Waals surface area (Å²) in [5.41, 5.74) is 5.82. The smallest absolute Gasteiger partial charge is 0.243 e. The summed E-state index contributed by atoms with van der Waals surface area (Å²) < 4.78 is 41.6. The van der Waals surface area contributed by atoms with Crippen LogP contribution in [0.1, 0.15) is 26.2 Å². The summed E-state index contributed by atoms with van der Waals surface area (Å²) in [7, 11) is -3.92. The van der Waals surface area contributed by atoms with Crippen LogP contribution < -0.4 is 10.5 Å². The molecule has 1 aromatic carbocycles. The van der Waals surface area contributed by atoms with E-state index in [0.717, 1.165) is 31.1 Å². The third kappa shape index (κ3) is 3.91. The minimum absolute atomic E-state index is 0.0498. The van der Waals surface area contributed by atoms with Crippen LogP contribution in [0.4, 0.5) is 10.1 Å².